The first kappa shape index (κ1) is 22.6. The summed E-state index contributed by atoms with van der Waals surface area (Å²) in [7, 11) is 0. The molecule has 3 rings (SSSR count). The number of hydrogen-bond donors (Lipinski definition) is 1. The van der Waals surface area contributed by atoms with Crippen molar-refractivity contribution in [3.05, 3.63) is 23.8 Å². The molecule has 28 heavy (non-hydrogen) atoms. The molecule has 0 aliphatic carbocycles. The summed E-state index contributed by atoms with van der Waals surface area (Å²) in [5.41, 5.74) is 1.17. The Hall–Kier alpha value is -1.71. The van der Waals surface area contributed by atoms with E-state index in [1.54, 1.807) is 0 Å². The van der Waals surface area contributed by atoms with Crippen LogP contribution in [0.4, 0.5) is 0 Å². The second kappa shape index (κ2) is 11.3. The highest BCUT2D eigenvalue weighted by molar-refractivity contribution is 14.0. The van der Waals surface area contributed by atoms with E-state index >= 15 is 0 Å². The molecule has 1 fully saturated rings. The fraction of sp³-hybridized carbons (Fsp3) is 0.600. The lowest BCUT2D eigenvalue weighted by Gasteiger charge is -2.34. The molecule has 0 spiro atoms. The smallest absolute Gasteiger partial charge is 0.310 e. The monoisotopic (exact) mass is 503 g/mol. The van der Waals surface area contributed by atoms with Gasteiger partial charge < -0.3 is 24.4 Å². The Morgan fingerprint density at radius 3 is 2.93 bits per heavy atom. The average molecular weight is 503 g/mol. The van der Waals surface area contributed by atoms with Gasteiger partial charge in [-0.15, -0.1) is 24.0 Å². The van der Waals surface area contributed by atoms with Crippen LogP contribution in [0.2, 0.25) is 0 Å². The fourth-order valence-electron chi connectivity index (χ4n) is 3.44. The molecule has 0 saturated carbocycles. The minimum absolute atomic E-state index is 0. The summed E-state index contributed by atoms with van der Waals surface area (Å²) in [6.07, 6.45) is 2.67. The van der Waals surface area contributed by atoms with Crippen molar-refractivity contribution in [1.29, 1.82) is 0 Å². The van der Waals surface area contributed by atoms with E-state index in [0.29, 0.717) is 19.7 Å². The number of nitrogens with zero attached hydrogens (tertiary/aromatic N) is 2. The van der Waals surface area contributed by atoms with Gasteiger partial charge in [0.25, 0.3) is 0 Å². The Morgan fingerprint density at radius 2 is 2.14 bits per heavy atom. The highest BCUT2D eigenvalue weighted by Gasteiger charge is 2.28. The zero-order chi connectivity index (χ0) is 19.1. The van der Waals surface area contributed by atoms with Gasteiger partial charge in [-0.1, -0.05) is 6.07 Å². The Kier molecular flexibility index (Phi) is 9.14. The number of ether oxygens (including phenoxy) is 3. The van der Waals surface area contributed by atoms with Gasteiger partial charge in [0, 0.05) is 26.2 Å². The van der Waals surface area contributed by atoms with Crippen molar-refractivity contribution in [1.82, 2.24) is 10.2 Å². The number of hydrogen-bond acceptors (Lipinski definition) is 5. The Labute approximate surface area is 183 Å². The quantitative estimate of drug-likeness (QED) is 0.279. The molecule has 8 heteroatoms. The zero-order valence-corrected chi connectivity index (χ0v) is 18.9. The molecular weight excluding hydrogens is 473 g/mol. The Bertz CT molecular complexity index is 683. The summed E-state index contributed by atoms with van der Waals surface area (Å²) in [5, 5.41) is 3.35. The number of guanidine groups is 1. The van der Waals surface area contributed by atoms with E-state index in [1.165, 1.54) is 5.56 Å². The van der Waals surface area contributed by atoms with Crippen LogP contribution >= 0.6 is 24.0 Å². The van der Waals surface area contributed by atoms with Gasteiger partial charge in [0.1, 0.15) is 0 Å². The van der Waals surface area contributed by atoms with Gasteiger partial charge in [0.05, 0.1) is 12.5 Å². The third-order valence-electron chi connectivity index (χ3n) is 4.77. The first-order chi connectivity index (χ1) is 13.2. The number of aliphatic imine (C=N–C) groups is 1. The molecule has 0 amide bonds. The molecule has 1 aromatic carbocycles. The number of piperidine rings is 1. The molecule has 2 heterocycles. The van der Waals surface area contributed by atoms with Gasteiger partial charge in [0.2, 0.25) is 6.79 Å². The number of carbonyl (C=O) groups excluding carboxylic acids is 1. The summed E-state index contributed by atoms with van der Waals surface area (Å²) < 4.78 is 16.0. The van der Waals surface area contributed by atoms with Gasteiger partial charge in [-0.05, 0) is 50.8 Å². The number of likely N-dealkylation sites (tertiary alicyclic amines) is 1. The van der Waals surface area contributed by atoms with E-state index in [0.717, 1.165) is 49.8 Å². The molecule has 0 radical (unpaired) electrons. The maximum atomic E-state index is 12.1. The van der Waals surface area contributed by atoms with Crippen molar-refractivity contribution in [3.8, 4) is 11.5 Å². The minimum atomic E-state index is -0.0987. The lowest BCUT2D eigenvalue weighted by Crippen LogP contribution is -2.48. The zero-order valence-electron chi connectivity index (χ0n) is 16.6. The van der Waals surface area contributed by atoms with Crippen LogP contribution in [-0.2, 0) is 16.0 Å². The SMILES string of the molecule is CCNC(=NCCc1ccc2c(c1)OCO2)N1CCCC(C(=O)OCC)C1.I. The molecule has 1 unspecified atom stereocenters. The average Bonchev–Trinajstić information content (AvgIpc) is 3.15. The van der Waals surface area contributed by atoms with Crippen LogP contribution in [0.1, 0.15) is 32.3 Å². The molecule has 2 aliphatic rings. The summed E-state index contributed by atoms with van der Waals surface area (Å²) in [6, 6.07) is 6.01. The predicted octanol–water partition coefficient (Wildman–Crippen LogP) is 2.82. The molecule has 0 bridgehead atoms. The van der Waals surface area contributed by atoms with E-state index in [1.807, 2.05) is 25.1 Å². The van der Waals surface area contributed by atoms with Crippen LogP contribution in [-0.4, -0.2) is 56.4 Å². The van der Waals surface area contributed by atoms with E-state index in [4.69, 9.17) is 19.2 Å². The summed E-state index contributed by atoms with van der Waals surface area (Å²) >= 11 is 0. The second-order valence-corrected chi connectivity index (χ2v) is 6.71. The summed E-state index contributed by atoms with van der Waals surface area (Å²) in [5.74, 6) is 2.30. The van der Waals surface area contributed by atoms with Crippen molar-refractivity contribution in [2.75, 3.05) is 39.6 Å². The third kappa shape index (κ3) is 5.89. The van der Waals surface area contributed by atoms with E-state index in [-0.39, 0.29) is 42.7 Å². The van der Waals surface area contributed by atoms with Gasteiger partial charge in [-0.3, -0.25) is 9.79 Å². The van der Waals surface area contributed by atoms with Gasteiger partial charge in [0.15, 0.2) is 17.5 Å². The summed E-state index contributed by atoms with van der Waals surface area (Å²) in [4.78, 5) is 19.0. The maximum Gasteiger partial charge on any atom is 0.310 e. The Balaban J connectivity index is 0.00000280. The lowest BCUT2D eigenvalue weighted by atomic mass is 9.98. The molecule has 0 aromatic heterocycles. The molecule has 1 aromatic rings. The van der Waals surface area contributed by atoms with E-state index < -0.39 is 0 Å². The topological polar surface area (TPSA) is 72.4 Å². The van der Waals surface area contributed by atoms with Crippen molar-refractivity contribution >= 4 is 35.9 Å². The van der Waals surface area contributed by atoms with E-state index in [2.05, 4.69) is 17.1 Å². The molecule has 156 valence electrons. The molecule has 1 N–H and O–H groups in total. The highest BCUT2D eigenvalue weighted by atomic mass is 127. The van der Waals surface area contributed by atoms with Crippen LogP contribution < -0.4 is 14.8 Å². The molecule has 2 aliphatic heterocycles. The maximum absolute atomic E-state index is 12.1. The van der Waals surface area contributed by atoms with E-state index in [9.17, 15) is 4.79 Å². The normalized spacial score (nSPS) is 18.4. The third-order valence-corrected chi connectivity index (χ3v) is 4.77. The lowest BCUT2D eigenvalue weighted by molar-refractivity contribution is -0.149. The van der Waals surface area contributed by atoms with Crippen LogP contribution in [0.5, 0.6) is 11.5 Å². The largest absolute Gasteiger partial charge is 0.466 e. The molecule has 1 saturated heterocycles. The number of fused-ring (bicyclic) bond motifs is 1. The van der Waals surface area contributed by atoms with Crippen molar-refractivity contribution < 1.29 is 19.0 Å². The Morgan fingerprint density at radius 1 is 1.32 bits per heavy atom. The number of nitrogens with one attached hydrogen (secondary N) is 1. The predicted molar refractivity (Wildman–Crippen MR) is 119 cm³/mol. The summed E-state index contributed by atoms with van der Waals surface area (Å²) in [6.45, 7) is 7.66. The van der Waals surface area contributed by atoms with Gasteiger partial charge in [-0.25, -0.2) is 0 Å². The van der Waals surface area contributed by atoms with Crippen LogP contribution in [0.3, 0.4) is 0 Å². The first-order valence-electron chi connectivity index (χ1n) is 9.79. The number of carbonyl (C=O) groups is 1. The molecular formula is C20H30IN3O4. The first-order valence-corrected chi connectivity index (χ1v) is 9.79. The number of rotatable bonds is 6. The molecule has 1 atom stereocenters. The minimum Gasteiger partial charge on any atom is -0.466 e. The number of esters is 1. The van der Waals surface area contributed by atoms with Gasteiger partial charge in [-0.2, -0.15) is 0 Å². The fourth-order valence-corrected chi connectivity index (χ4v) is 3.44. The van der Waals surface area contributed by atoms with Crippen LogP contribution in [0.15, 0.2) is 23.2 Å². The van der Waals surface area contributed by atoms with Crippen LogP contribution in [0, 0.1) is 5.92 Å². The molecule has 7 nitrogen and oxygen atoms in total. The number of halogens is 1. The highest BCUT2D eigenvalue weighted by Crippen LogP contribution is 2.32. The van der Waals surface area contributed by atoms with Crippen LogP contribution in [0.25, 0.3) is 0 Å². The number of benzene rings is 1. The second-order valence-electron chi connectivity index (χ2n) is 6.71. The standard InChI is InChI=1S/C20H29N3O4.HI/c1-3-21-20(23-11-5-6-16(13-23)19(24)25-4-2)22-10-9-15-7-8-17-18(12-15)27-14-26-17;/h7-8,12,16H,3-6,9-11,13-14H2,1-2H3,(H,21,22);1H. The van der Waals surface area contributed by atoms with Crippen molar-refractivity contribution in [2.45, 2.75) is 33.1 Å². The van der Waals surface area contributed by atoms with Gasteiger partial charge >= 0.3 is 5.97 Å². The van der Waals surface area contributed by atoms with Crippen molar-refractivity contribution in [2.24, 2.45) is 10.9 Å². The van der Waals surface area contributed by atoms with Crippen molar-refractivity contribution in [3.63, 3.8) is 0 Å².